The molecule has 0 amide bonds. The van der Waals surface area contributed by atoms with Gasteiger partial charge in [0.25, 0.3) is 5.56 Å². The number of nitrogens with one attached hydrogen (secondary N) is 1. The number of nitrogens with zero attached hydrogens (tertiary/aromatic N) is 2. The van der Waals surface area contributed by atoms with Gasteiger partial charge in [-0.25, -0.2) is 4.79 Å². The van der Waals surface area contributed by atoms with Gasteiger partial charge in [-0.2, -0.15) is 5.10 Å². The number of hydrogen-bond donors (Lipinski definition) is 1. The van der Waals surface area contributed by atoms with Crippen LogP contribution in [0.4, 0.5) is 0 Å². The van der Waals surface area contributed by atoms with E-state index < -0.39 is 11.2 Å². The number of para-hydroxylation sites is 1. The molecule has 0 bridgehead atoms. The van der Waals surface area contributed by atoms with Crippen LogP contribution in [0.3, 0.4) is 0 Å². The molecule has 28 heavy (non-hydrogen) atoms. The van der Waals surface area contributed by atoms with E-state index in [1.54, 1.807) is 42.5 Å². The molecule has 0 spiro atoms. The molecule has 1 aromatic heterocycles. The lowest BCUT2D eigenvalue weighted by Crippen LogP contribution is -2.32. The first-order valence-corrected chi connectivity index (χ1v) is 8.91. The minimum absolute atomic E-state index is 0.273. The van der Waals surface area contributed by atoms with Gasteiger partial charge in [0, 0.05) is 0 Å². The van der Waals surface area contributed by atoms with Crippen LogP contribution in [-0.2, 0) is 0 Å². The van der Waals surface area contributed by atoms with Gasteiger partial charge in [0.2, 0.25) is 0 Å². The molecule has 3 rings (SSSR count). The molecule has 0 fully saturated rings. The molecule has 7 nitrogen and oxygen atoms in total. The summed E-state index contributed by atoms with van der Waals surface area (Å²) in [5, 5.41) is 4.70. The van der Waals surface area contributed by atoms with E-state index in [2.05, 4.69) is 16.7 Å². The van der Waals surface area contributed by atoms with E-state index >= 15 is 0 Å². The molecule has 0 aliphatic carbocycles. The maximum absolute atomic E-state index is 12.5. The largest absolute Gasteiger partial charge is 0.490 e. The Kier molecular flexibility index (Phi) is 5.96. The number of benzene rings is 2. The Morgan fingerprint density at radius 2 is 2.04 bits per heavy atom. The smallest absolute Gasteiger partial charge is 0.349 e. The molecule has 1 N–H and O–H groups in total. The highest BCUT2D eigenvalue weighted by Crippen LogP contribution is 2.36. The predicted molar refractivity (Wildman–Crippen MR) is 110 cm³/mol. The number of H-pyrrole nitrogens is 1. The summed E-state index contributed by atoms with van der Waals surface area (Å²) in [4.78, 5) is 27.4. The first-order chi connectivity index (χ1) is 13.5. The van der Waals surface area contributed by atoms with Crippen molar-refractivity contribution < 1.29 is 9.47 Å². The van der Waals surface area contributed by atoms with Crippen LogP contribution < -0.4 is 20.7 Å². The molecule has 0 radical (unpaired) electrons. The van der Waals surface area contributed by atoms with Crippen LogP contribution in [0.2, 0.25) is 5.02 Å². The van der Waals surface area contributed by atoms with E-state index in [0.717, 1.165) is 4.68 Å². The number of aromatic amines is 1. The summed E-state index contributed by atoms with van der Waals surface area (Å²) in [5.74, 6) is 0.819. The van der Waals surface area contributed by atoms with E-state index in [1.807, 2.05) is 6.92 Å². The van der Waals surface area contributed by atoms with Crippen molar-refractivity contribution in [1.29, 1.82) is 0 Å². The van der Waals surface area contributed by atoms with Gasteiger partial charge in [-0.1, -0.05) is 36.4 Å². The second-order valence-corrected chi connectivity index (χ2v) is 6.11. The lowest BCUT2D eigenvalue weighted by molar-refractivity contribution is 0.297. The number of halogens is 1. The molecule has 8 heteroatoms. The van der Waals surface area contributed by atoms with E-state index in [9.17, 15) is 9.59 Å². The first kappa shape index (κ1) is 19.4. The highest BCUT2D eigenvalue weighted by atomic mass is 35.5. The zero-order valence-corrected chi connectivity index (χ0v) is 15.9. The van der Waals surface area contributed by atoms with Gasteiger partial charge in [-0.05, 0) is 36.8 Å². The fourth-order valence-corrected chi connectivity index (χ4v) is 2.86. The summed E-state index contributed by atoms with van der Waals surface area (Å²) in [6, 6.07) is 9.99. The summed E-state index contributed by atoms with van der Waals surface area (Å²) in [7, 11) is 0. The van der Waals surface area contributed by atoms with Crippen molar-refractivity contribution in [2.45, 2.75) is 6.92 Å². The van der Waals surface area contributed by atoms with Gasteiger partial charge in [0.05, 0.1) is 28.7 Å². The minimum Gasteiger partial charge on any atom is -0.490 e. The molecule has 0 aliphatic rings. The number of fused-ring (bicyclic) bond motifs is 1. The summed E-state index contributed by atoms with van der Waals surface area (Å²) in [5.41, 5.74) is -0.159. The number of aromatic nitrogens is 2. The Bertz CT molecular complexity index is 1160. The molecule has 0 saturated carbocycles. The Morgan fingerprint density at radius 1 is 1.25 bits per heavy atom. The lowest BCUT2D eigenvalue weighted by atomic mass is 10.2. The van der Waals surface area contributed by atoms with Crippen molar-refractivity contribution in [1.82, 2.24) is 9.66 Å². The number of rotatable bonds is 7. The van der Waals surface area contributed by atoms with Crippen LogP contribution in [0, 0.1) is 0 Å². The zero-order chi connectivity index (χ0) is 20.1. The molecule has 2 aromatic carbocycles. The maximum Gasteiger partial charge on any atom is 0.349 e. The van der Waals surface area contributed by atoms with Crippen molar-refractivity contribution >= 4 is 28.7 Å². The van der Waals surface area contributed by atoms with E-state index in [0.29, 0.717) is 39.6 Å². The van der Waals surface area contributed by atoms with Crippen LogP contribution in [0.1, 0.15) is 12.5 Å². The van der Waals surface area contributed by atoms with Gasteiger partial charge >= 0.3 is 5.69 Å². The van der Waals surface area contributed by atoms with Gasteiger partial charge in [0.15, 0.2) is 11.5 Å². The summed E-state index contributed by atoms with van der Waals surface area (Å²) < 4.78 is 11.9. The molecule has 0 unspecified atom stereocenters. The third kappa shape index (κ3) is 3.99. The quantitative estimate of drug-likeness (QED) is 0.488. The third-order valence-electron chi connectivity index (χ3n) is 3.78. The Hall–Kier alpha value is -3.32. The minimum atomic E-state index is -0.637. The average molecular weight is 400 g/mol. The highest BCUT2D eigenvalue weighted by molar-refractivity contribution is 6.32. The van der Waals surface area contributed by atoms with Gasteiger partial charge in [-0.15, -0.1) is 4.68 Å². The van der Waals surface area contributed by atoms with Crippen LogP contribution in [0.5, 0.6) is 11.5 Å². The molecule has 0 aliphatic heterocycles. The highest BCUT2D eigenvalue weighted by Gasteiger charge is 2.12. The monoisotopic (exact) mass is 399 g/mol. The van der Waals surface area contributed by atoms with Crippen LogP contribution in [0.25, 0.3) is 10.9 Å². The van der Waals surface area contributed by atoms with E-state index in [4.69, 9.17) is 21.1 Å². The molecule has 144 valence electrons. The first-order valence-electron chi connectivity index (χ1n) is 8.53. The van der Waals surface area contributed by atoms with Crippen molar-refractivity contribution in [2.75, 3.05) is 13.2 Å². The van der Waals surface area contributed by atoms with Crippen LogP contribution in [0.15, 0.2) is 63.7 Å². The van der Waals surface area contributed by atoms with E-state index in [1.165, 1.54) is 6.21 Å². The molecule has 1 heterocycles. The van der Waals surface area contributed by atoms with Gasteiger partial charge in [-0.3, -0.25) is 4.79 Å². The summed E-state index contributed by atoms with van der Waals surface area (Å²) in [6.45, 7) is 6.12. The fourth-order valence-electron chi connectivity index (χ4n) is 2.59. The Balaban J connectivity index is 2.03. The summed E-state index contributed by atoms with van der Waals surface area (Å²) >= 11 is 6.29. The fraction of sp³-hybridized carbons (Fsp3) is 0.150. The SMILES string of the molecule is C=CCOc1c(Cl)cc(C=Nn2c(=O)[nH]c3ccccc3c2=O)cc1OCC. The molecular weight excluding hydrogens is 382 g/mol. The molecule has 0 atom stereocenters. The predicted octanol–water partition coefficient (Wildman–Crippen LogP) is 3.19. The molecular formula is C20H18ClN3O4. The van der Waals surface area contributed by atoms with Crippen molar-refractivity contribution in [3.05, 3.63) is 80.5 Å². The molecule has 3 aromatic rings. The Morgan fingerprint density at radius 3 is 2.79 bits per heavy atom. The number of hydrogen-bond acceptors (Lipinski definition) is 5. The average Bonchev–Trinajstić information content (AvgIpc) is 2.67. The number of ether oxygens (including phenoxy) is 2. The van der Waals surface area contributed by atoms with Crippen LogP contribution in [-0.4, -0.2) is 29.1 Å². The van der Waals surface area contributed by atoms with Crippen molar-refractivity contribution in [3.8, 4) is 11.5 Å². The van der Waals surface area contributed by atoms with Crippen LogP contribution >= 0.6 is 11.6 Å². The standard InChI is InChI=1S/C20H18ClN3O4/c1-3-9-28-18-15(21)10-13(11-17(18)27-4-2)12-22-24-19(25)14-7-5-6-8-16(14)23-20(24)26/h3,5-8,10-12H,1,4,9H2,2H3,(H,23,26). The second kappa shape index (κ2) is 8.58. The normalized spacial score (nSPS) is 11.1. The van der Waals surface area contributed by atoms with Crippen molar-refractivity contribution in [3.63, 3.8) is 0 Å². The van der Waals surface area contributed by atoms with Gasteiger partial charge < -0.3 is 14.5 Å². The van der Waals surface area contributed by atoms with Crippen molar-refractivity contribution in [2.24, 2.45) is 5.10 Å². The lowest BCUT2D eigenvalue weighted by Gasteiger charge is -2.13. The second-order valence-electron chi connectivity index (χ2n) is 5.70. The topological polar surface area (TPSA) is 85.7 Å². The summed E-state index contributed by atoms with van der Waals surface area (Å²) in [6.07, 6.45) is 2.96. The zero-order valence-electron chi connectivity index (χ0n) is 15.1. The Labute approximate surface area is 165 Å². The molecule has 0 saturated heterocycles. The maximum atomic E-state index is 12.5. The third-order valence-corrected chi connectivity index (χ3v) is 4.06. The van der Waals surface area contributed by atoms with Gasteiger partial charge in [0.1, 0.15) is 6.61 Å². The van der Waals surface area contributed by atoms with E-state index in [-0.39, 0.29) is 6.61 Å².